The number of imidazole rings is 1. The summed E-state index contributed by atoms with van der Waals surface area (Å²) in [5.74, 6) is 2.37. The van der Waals surface area contributed by atoms with Crippen LogP contribution in [0.15, 0.2) is 77.9 Å². The van der Waals surface area contributed by atoms with Gasteiger partial charge in [-0.3, -0.25) is 0 Å². The Morgan fingerprint density at radius 2 is 1.94 bits per heavy atom. The van der Waals surface area contributed by atoms with Gasteiger partial charge in [-0.05, 0) is 73.2 Å². The number of nitrogens with one attached hydrogen (secondary N) is 2. The zero-order valence-electron chi connectivity index (χ0n) is 27.4. The number of fused-ring (bicyclic) bond motifs is 7. The Labute approximate surface area is 276 Å². The fourth-order valence-electron chi connectivity index (χ4n) is 5.95. The summed E-state index contributed by atoms with van der Waals surface area (Å²) in [5.41, 5.74) is 12.6. The molecule has 1 aliphatic heterocycles. The number of aromatic nitrogens is 3. The van der Waals surface area contributed by atoms with Gasteiger partial charge in [0.2, 0.25) is 5.88 Å². The molecule has 242 valence electrons. The summed E-state index contributed by atoms with van der Waals surface area (Å²) in [7, 11) is 1.73. The number of hydrazone groups is 1. The van der Waals surface area contributed by atoms with E-state index in [9.17, 15) is 0 Å². The Bertz CT molecular complexity index is 1900. The van der Waals surface area contributed by atoms with E-state index in [0.29, 0.717) is 37.8 Å². The average molecular weight is 631 g/mol. The maximum absolute atomic E-state index is 7.83. The van der Waals surface area contributed by atoms with Gasteiger partial charge in [-0.15, -0.1) is 0 Å². The number of hydrogen-bond acceptors (Lipinski definition) is 8. The van der Waals surface area contributed by atoms with Crippen molar-refractivity contribution in [2.45, 2.75) is 52.7 Å². The predicted molar refractivity (Wildman–Crippen MR) is 187 cm³/mol. The SMILES string of the molecule is CCCOCCn1c(Cc2ccc3cc2OCCCc2cc(/C(C=N)=N/NC)ccc2COc2cccc-3n2)nc2ccc(C)cc21. The van der Waals surface area contributed by atoms with E-state index in [2.05, 4.69) is 77.5 Å². The zero-order valence-corrected chi connectivity index (χ0v) is 27.4. The van der Waals surface area contributed by atoms with E-state index in [0.717, 1.165) is 88.5 Å². The second kappa shape index (κ2) is 15.0. The van der Waals surface area contributed by atoms with E-state index in [4.69, 9.17) is 29.6 Å². The number of benzene rings is 3. The molecule has 0 radical (unpaired) electrons. The Kier molecular flexibility index (Phi) is 10.2. The molecule has 3 aromatic carbocycles. The zero-order chi connectivity index (χ0) is 32.6. The van der Waals surface area contributed by atoms with Crippen LogP contribution in [0.2, 0.25) is 0 Å². The lowest BCUT2D eigenvalue weighted by Gasteiger charge is -2.17. The molecule has 0 saturated carbocycles. The molecule has 0 amide bonds. The molecule has 9 heteroatoms. The molecule has 2 N–H and O–H groups in total. The first-order valence-corrected chi connectivity index (χ1v) is 16.3. The minimum absolute atomic E-state index is 0.393. The van der Waals surface area contributed by atoms with Crippen LogP contribution in [-0.4, -0.2) is 53.3 Å². The second-order valence-electron chi connectivity index (χ2n) is 11.7. The van der Waals surface area contributed by atoms with Gasteiger partial charge >= 0.3 is 0 Å². The maximum atomic E-state index is 7.83. The fourth-order valence-corrected chi connectivity index (χ4v) is 5.95. The van der Waals surface area contributed by atoms with Gasteiger partial charge in [-0.1, -0.05) is 43.3 Å². The third kappa shape index (κ3) is 7.52. The highest BCUT2D eigenvalue weighted by Crippen LogP contribution is 2.31. The van der Waals surface area contributed by atoms with Crippen molar-refractivity contribution in [1.29, 1.82) is 5.41 Å². The van der Waals surface area contributed by atoms with Crippen LogP contribution < -0.4 is 14.9 Å². The van der Waals surface area contributed by atoms with Crippen molar-refractivity contribution in [2.24, 2.45) is 5.10 Å². The van der Waals surface area contributed by atoms with Gasteiger partial charge in [0.25, 0.3) is 0 Å². The number of rotatable bonds is 10. The molecule has 0 spiro atoms. The van der Waals surface area contributed by atoms with Crippen molar-refractivity contribution in [2.75, 3.05) is 26.9 Å². The van der Waals surface area contributed by atoms with Crippen molar-refractivity contribution in [3.8, 4) is 22.9 Å². The highest BCUT2D eigenvalue weighted by molar-refractivity contribution is 6.37. The highest BCUT2D eigenvalue weighted by atomic mass is 16.5. The Morgan fingerprint density at radius 3 is 2.79 bits per heavy atom. The third-order valence-corrected chi connectivity index (χ3v) is 8.32. The second-order valence-corrected chi connectivity index (χ2v) is 11.7. The summed E-state index contributed by atoms with van der Waals surface area (Å²) in [5, 5.41) is 12.1. The molecule has 1 aliphatic rings. The molecule has 5 aromatic rings. The number of aryl methyl sites for hydroxylation is 2. The lowest BCUT2D eigenvalue weighted by molar-refractivity contribution is 0.127. The quantitative estimate of drug-likeness (QED) is 0.0988. The smallest absolute Gasteiger partial charge is 0.214 e. The van der Waals surface area contributed by atoms with Gasteiger partial charge < -0.3 is 29.6 Å². The van der Waals surface area contributed by atoms with Gasteiger partial charge in [0, 0.05) is 55.6 Å². The summed E-state index contributed by atoms with van der Waals surface area (Å²) < 4.78 is 21.0. The number of pyridine rings is 1. The van der Waals surface area contributed by atoms with Crippen molar-refractivity contribution in [1.82, 2.24) is 20.0 Å². The molecule has 6 rings (SSSR count). The number of hydrogen-bond donors (Lipinski definition) is 2. The van der Waals surface area contributed by atoms with Crippen molar-refractivity contribution >= 4 is 23.0 Å². The summed E-state index contributed by atoms with van der Waals surface area (Å²) in [6, 6.07) is 24.7. The Hall–Kier alpha value is -5.02. The van der Waals surface area contributed by atoms with Crippen LogP contribution >= 0.6 is 0 Å². The molecule has 2 aromatic heterocycles. The molecular formula is C38H42N6O3. The van der Waals surface area contributed by atoms with Crippen LogP contribution in [0.5, 0.6) is 11.6 Å². The minimum Gasteiger partial charge on any atom is -0.493 e. The molecule has 0 atom stereocenters. The molecule has 0 saturated heterocycles. The van der Waals surface area contributed by atoms with Crippen molar-refractivity contribution < 1.29 is 14.2 Å². The van der Waals surface area contributed by atoms with E-state index in [1.54, 1.807) is 7.05 Å². The monoisotopic (exact) mass is 630 g/mol. The van der Waals surface area contributed by atoms with Crippen LogP contribution in [0, 0.1) is 12.3 Å². The lowest BCUT2D eigenvalue weighted by Crippen LogP contribution is -2.12. The van der Waals surface area contributed by atoms with Crippen LogP contribution in [0.4, 0.5) is 0 Å². The topological polar surface area (TPSA) is 107 Å². The first kappa shape index (κ1) is 31.9. The van der Waals surface area contributed by atoms with Gasteiger partial charge in [0.05, 0.1) is 29.9 Å². The lowest BCUT2D eigenvalue weighted by atomic mass is 9.98. The molecular weight excluding hydrogens is 588 g/mol. The summed E-state index contributed by atoms with van der Waals surface area (Å²) in [4.78, 5) is 9.91. The van der Waals surface area contributed by atoms with Crippen LogP contribution in [0.1, 0.15) is 53.4 Å². The molecule has 0 fully saturated rings. The number of ether oxygens (including phenoxy) is 3. The minimum atomic E-state index is 0.393. The number of nitrogens with zero attached hydrogens (tertiary/aromatic N) is 4. The third-order valence-electron chi connectivity index (χ3n) is 8.32. The van der Waals surface area contributed by atoms with E-state index in [1.807, 2.05) is 24.3 Å². The Morgan fingerprint density at radius 1 is 1.02 bits per heavy atom. The first-order chi connectivity index (χ1) is 23.1. The molecule has 9 nitrogen and oxygen atoms in total. The fraction of sp³-hybridized carbons (Fsp3) is 0.316. The molecule has 3 heterocycles. The van der Waals surface area contributed by atoms with Gasteiger partial charge in [0.1, 0.15) is 23.9 Å². The molecule has 47 heavy (non-hydrogen) atoms. The van der Waals surface area contributed by atoms with Gasteiger partial charge in [-0.25, -0.2) is 9.97 Å². The maximum Gasteiger partial charge on any atom is 0.214 e. The van der Waals surface area contributed by atoms with E-state index >= 15 is 0 Å². The van der Waals surface area contributed by atoms with E-state index in [-0.39, 0.29) is 0 Å². The largest absolute Gasteiger partial charge is 0.493 e. The molecule has 4 bridgehead atoms. The van der Waals surface area contributed by atoms with Crippen molar-refractivity contribution in [3.05, 3.63) is 106 Å². The van der Waals surface area contributed by atoms with Crippen molar-refractivity contribution in [3.63, 3.8) is 0 Å². The first-order valence-electron chi connectivity index (χ1n) is 16.3. The van der Waals surface area contributed by atoms with E-state index < -0.39 is 0 Å². The summed E-state index contributed by atoms with van der Waals surface area (Å²) >= 11 is 0. The standard InChI is InChI=1S/C38H42N6O3/c1-4-17-45-19-16-44-35-20-26(2)10-15-33(35)41-37(44)23-30-13-11-29-22-36(30)46-18-6-7-27-21-28(34(24-39)43-40-3)12-14-31(27)25-47-38-9-5-8-32(29)42-38/h5,8-15,20-22,24,39-40H,4,6-7,16-19,23,25H2,1-3H3/b39-24?,43-34+. The normalized spacial score (nSPS) is 13.3. The van der Waals surface area contributed by atoms with Gasteiger partial charge in [-0.2, -0.15) is 5.10 Å². The highest BCUT2D eigenvalue weighted by Gasteiger charge is 2.17. The van der Waals surface area contributed by atoms with Gasteiger partial charge in [0.15, 0.2) is 0 Å². The summed E-state index contributed by atoms with van der Waals surface area (Å²) in [6.07, 6.45) is 4.47. The van der Waals surface area contributed by atoms with Crippen LogP contribution in [0.25, 0.3) is 22.3 Å². The summed E-state index contributed by atoms with van der Waals surface area (Å²) in [6.45, 7) is 7.30. The average Bonchev–Trinajstić information content (AvgIpc) is 3.42. The molecule has 0 unspecified atom stereocenters. The van der Waals surface area contributed by atoms with Crippen LogP contribution in [0.3, 0.4) is 0 Å². The Balaban J connectivity index is 1.33. The molecule has 0 aliphatic carbocycles. The predicted octanol–water partition coefficient (Wildman–Crippen LogP) is 6.90. The van der Waals surface area contributed by atoms with Crippen LogP contribution in [-0.2, 0) is 30.7 Å². The van der Waals surface area contributed by atoms with E-state index in [1.165, 1.54) is 11.8 Å².